The number of unbranched alkanes of at least 4 members (excludes halogenated alkanes) is 1. The average Bonchev–Trinajstić information content (AvgIpc) is 3.31. The quantitative estimate of drug-likeness (QED) is 0.786. The highest BCUT2D eigenvalue weighted by Crippen LogP contribution is 2.31. The molecule has 1 aromatic rings. The number of nitrogens with one attached hydrogen (secondary N) is 1. The van der Waals surface area contributed by atoms with E-state index in [1.807, 2.05) is 0 Å². The van der Waals surface area contributed by atoms with Gasteiger partial charge in [-0.15, -0.1) is 0 Å². The number of rotatable bonds is 8. The lowest BCUT2D eigenvalue weighted by molar-refractivity contribution is 0.678. The molecule has 0 spiro atoms. The number of aromatic nitrogens is 1. The zero-order valence-electron chi connectivity index (χ0n) is 12.9. The molecule has 0 unspecified atom stereocenters. The highest BCUT2D eigenvalue weighted by Gasteiger charge is 2.29. The number of anilines is 1. The molecular weight excluding hydrogens is 246 g/mol. The van der Waals surface area contributed by atoms with E-state index in [4.69, 9.17) is 4.98 Å². The largest absolute Gasteiger partial charge is 0.354 e. The Morgan fingerprint density at radius 1 is 1.25 bits per heavy atom. The van der Waals surface area contributed by atoms with Crippen molar-refractivity contribution in [2.45, 2.75) is 71.0 Å². The van der Waals surface area contributed by atoms with Crippen molar-refractivity contribution < 1.29 is 0 Å². The molecule has 0 bridgehead atoms. The van der Waals surface area contributed by atoms with Gasteiger partial charge in [0.15, 0.2) is 0 Å². The zero-order chi connectivity index (χ0) is 13.9. The summed E-state index contributed by atoms with van der Waals surface area (Å²) in [6.07, 6.45) is 7.90. The van der Waals surface area contributed by atoms with E-state index in [2.05, 4.69) is 36.2 Å². The van der Waals surface area contributed by atoms with Gasteiger partial charge >= 0.3 is 0 Å². The Morgan fingerprint density at radius 2 is 2.05 bits per heavy atom. The van der Waals surface area contributed by atoms with Crippen molar-refractivity contribution in [1.29, 1.82) is 0 Å². The molecule has 3 nitrogen and oxygen atoms in total. The molecule has 3 heteroatoms. The fourth-order valence-electron chi connectivity index (χ4n) is 2.66. The standard InChI is InChI=1S/C17H27N3/c1-3-4-11-20(16-8-9-16)17-10-5-14(13(2)19-17)12-18-15-6-7-15/h5,10,15-16,18H,3-4,6-9,11-12H2,1-2H3. The molecular formula is C17H27N3. The van der Waals surface area contributed by atoms with Crippen molar-refractivity contribution in [3.63, 3.8) is 0 Å². The lowest BCUT2D eigenvalue weighted by atomic mass is 10.2. The van der Waals surface area contributed by atoms with Gasteiger partial charge in [-0.05, 0) is 50.7 Å². The summed E-state index contributed by atoms with van der Waals surface area (Å²) < 4.78 is 0. The van der Waals surface area contributed by atoms with Gasteiger partial charge in [0.25, 0.3) is 0 Å². The topological polar surface area (TPSA) is 28.2 Å². The molecule has 1 aromatic heterocycles. The molecule has 0 aromatic carbocycles. The molecule has 0 aliphatic heterocycles. The lowest BCUT2D eigenvalue weighted by Gasteiger charge is -2.24. The second-order valence-electron chi connectivity index (χ2n) is 6.35. The van der Waals surface area contributed by atoms with Crippen molar-refractivity contribution in [3.05, 3.63) is 23.4 Å². The Balaban J connectivity index is 1.66. The summed E-state index contributed by atoms with van der Waals surface area (Å²) in [7, 11) is 0. The Morgan fingerprint density at radius 3 is 2.65 bits per heavy atom. The van der Waals surface area contributed by atoms with Gasteiger partial charge in [0, 0.05) is 30.9 Å². The molecule has 110 valence electrons. The maximum Gasteiger partial charge on any atom is 0.129 e. The summed E-state index contributed by atoms with van der Waals surface area (Å²) in [5.41, 5.74) is 2.55. The van der Waals surface area contributed by atoms with Gasteiger partial charge in [0.05, 0.1) is 0 Å². The molecule has 20 heavy (non-hydrogen) atoms. The van der Waals surface area contributed by atoms with Crippen LogP contribution in [0.15, 0.2) is 12.1 Å². The number of hydrogen-bond donors (Lipinski definition) is 1. The van der Waals surface area contributed by atoms with Crippen LogP contribution in [0.4, 0.5) is 5.82 Å². The molecule has 0 atom stereocenters. The van der Waals surface area contributed by atoms with Crippen LogP contribution in [0, 0.1) is 6.92 Å². The fourth-order valence-corrected chi connectivity index (χ4v) is 2.66. The molecule has 1 N–H and O–H groups in total. The van der Waals surface area contributed by atoms with Crippen LogP contribution in [0.3, 0.4) is 0 Å². The van der Waals surface area contributed by atoms with Gasteiger partial charge in [0.1, 0.15) is 5.82 Å². The summed E-state index contributed by atoms with van der Waals surface area (Å²) in [6.45, 7) is 6.55. The summed E-state index contributed by atoms with van der Waals surface area (Å²) in [6, 6.07) is 6.02. The maximum atomic E-state index is 4.87. The van der Waals surface area contributed by atoms with Crippen LogP contribution in [0.5, 0.6) is 0 Å². The van der Waals surface area contributed by atoms with Crippen LogP contribution in [0.2, 0.25) is 0 Å². The van der Waals surface area contributed by atoms with E-state index in [9.17, 15) is 0 Å². The predicted molar refractivity (Wildman–Crippen MR) is 84.1 cm³/mol. The SMILES string of the molecule is CCCCN(c1ccc(CNC2CC2)c(C)n1)C1CC1. The van der Waals surface area contributed by atoms with E-state index < -0.39 is 0 Å². The monoisotopic (exact) mass is 273 g/mol. The van der Waals surface area contributed by atoms with E-state index >= 15 is 0 Å². The Hall–Kier alpha value is -1.09. The van der Waals surface area contributed by atoms with Crippen LogP contribution < -0.4 is 10.2 Å². The van der Waals surface area contributed by atoms with Crippen molar-refractivity contribution in [1.82, 2.24) is 10.3 Å². The Labute approximate surface area is 122 Å². The first-order chi connectivity index (χ1) is 9.78. The molecule has 0 amide bonds. The van der Waals surface area contributed by atoms with Gasteiger partial charge in [0.2, 0.25) is 0 Å². The first-order valence-corrected chi connectivity index (χ1v) is 8.24. The second kappa shape index (κ2) is 6.13. The third-order valence-corrected chi connectivity index (χ3v) is 4.37. The minimum Gasteiger partial charge on any atom is -0.354 e. The van der Waals surface area contributed by atoms with E-state index in [-0.39, 0.29) is 0 Å². The van der Waals surface area contributed by atoms with Gasteiger partial charge < -0.3 is 10.2 Å². The molecule has 2 saturated carbocycles. The third-order valence-electron chi connectivity index (χ3n) is 4.37. The third kappa shape index (κ3) is 3.51. The minimum atomic E-state index is 0.754. The molecule has 0 radical (unpaired) electrons. The van der Waals surface area contributed by atoms with Gasteiger partial charge in [-0.25, -0.2) is 4.98 Å². The smallest absolute Gasteiger partial charge is 0.129 e. The van der Waals surface area contributed by atoms with Crippen LogP contribution in [0.1, 0.15) is 56.7 Å². The number of nitrogens with zero attached hydrogens (tertiary/aromatic N) is 2. The highest BCUT2D eigenvalue weighted by atomic mass is 15.2. The summed E-state index contributed by atoms with van der Waals surface area (Å²) in [4.78, 5) is 7.39. The highest BCUT2D eigenvalue weighted by molar-refractivity contribution is 5.44. The number of hydrogen-bond acceptors (Lipinski definition) is 3. The van der Waals surface area contributed by atoms with Crippen molar-refractivity contribution in [3.8, 4) is 0 Å². The Bertz CT molecular complexity index is 450. The van der Waals surface area contributed by atoms with Crippen molar-refractivity contribution >= 4 is 5.82 Å². The van der Waals surface area contributed by atoms with E-state index in [1.54, 1.807) is 0 Å². The summed E-state index contributed by atoms with van der Waals surface area (Å²) >= 11 is 0. The van der Waals surface area contributed by atoms with E-state index in [0.717, 1.165) is 25.2 Å². The van der Waals surface area contributed by atoms with Crippen LogP contribution in [-0.4, -0.2) is 23.6 Å². The van der Waals surface area contributed by atoms with E-state index in [0.29, 0.717) is 0 Å². The molecule has 2 aliphatic rings. The van der Waals surface area contributed by atoms with Gasteiger partial charge in [-0.1, -0.05) is 19.4 Å². The molecule has 0 saturated heterocycles. The Kier molecular flexibility index (Phi) is 4.25. The van der Waals surface area contributed by atoms with Gasteiger partial charge in [-0.3, -0.25) is 0 Å². The average molecular weight is 273 g/mol. The van der Waals surface area contributed by atoms with Crippen LogP contribution >= 0.6 is 0 Å². The summed E-state index contributed by atoms with van der Waals surface area (Å²) in [5, 5.41) is 3.58. The molecule has 2 aliphatic carbocycles. The summed E-state index contributed by atoms with van der Waals surface area (Å²) in [5.74, 6) is 1.19. The second-order valence-corrected chi connectivity index (χ2v) is 6.35. The molecule has 2 fully saturated rings. The van der Waals surface area contributed by atoms with E-state index in [1.165, 1.54) is 55.6 Å². The van der Waals surface area contributed by atoms with Crippen molar-refractivity contribution in [2.24, 2.45) is 0 Å². The van der Waals surface area contributed by atoms with Gasteiger partial charge in [-0.2, -0.15) is 0 Å². The zero-order valence-corrected chi connectivity index (χ0v) is 12.9. The first-order valence-electron chi connectivity index (χ1n) is 8.24. The normalized spacial score (nSPS) is 18.3. The number of pyridine rings is 1. The predicted octanol–water partition coefficient (Wildman–Crippen LogP) is 3.41. The minimum absolute atomic E-state index is 0.754. The van der Waals surface area contributed by atoms with Crippen LogP contribution in [-0.2, 0) is 6.54 Å². The van der Waals surface area contributed by atoms with Crippen LogP contribution in [0.25, 0.3) is 0 Å². The first kappa shape index (κ1) is 13.9. The van der Waals surface area contributed by atoms with Crippen molar-refractivity contribution in [2.75, 3.05) is 11.4 Å². The number of aryl methyl sites for hydroxylation is 1. The fraction of sp³-hybridized carbons (Fsp3) is 0.706. The maximum absolute atomic E-state index is 4.87. The molecule has 3 rings (SSSR count). The molecule has 1 heterocycles. The lowest BCUT2D eigenvalue weighted by Crippen LogP contribution is -2.28.